The van der Waals surface area contributed by atoms with Crippen LogP contribution < -0.4 is 11.1 Å². The lowest BCUT2D eigenvalue weighted by Gasteiger charge is -2.35. The second kappa shape index (κ2) is 7.38. The van der Waals surface area contributed by atoms with Crippen molar-refractivity contribution in [3.05, 3.63) is 23.7 Å². The Morgan fingerprint density at radius 3 is 2.67 bits per heavy atom. The Morgan fingerprint density at radius 2 is 2.04 bits per heavy atom. The summed E-state index contributed by atoms with van der Waals surface area (Å²) < 4.78 is 5.18. The molecule has 0 bridgehead atoms. The van der Waals surface area contributed by atoms with E-state index in [9.17, 15) is 9.59 Å². The number of aryl methyl sites for hydroxylation is 1. The van der Waals surface area contributed by atoms with Crippen molar-refractivity contribution in [2.75, 3.05) is 19.6 Å². The maximum atomic E-state index is 12.7. The van der Waals surface area contributed by atoms with Crippen LogP contribution in [-0.4, -0.2) is 42.4 Å². The molecule has 1 aromatic heterocycles. The predicted octanol–water partition coefficient (Wildman–Crippen LogP) is 1.68. The number of nitrogens with one attached hydrogen (secondary N) is 1. The van der Waals surface area contributed by atoms with Gasteiger partial charge < -0.3 is 20.4 Å². The zero-order valence-corrected chi connectivity index (χ0v) is 14.3. The molecular weight excluding hydrogens is 306 g/mol. The molecule has 3 rings (SSSR count). The molecule has 6 heteroatoms. The first-order valence-electron chi connectivity index (χ1n) is 8.94. The van der Waals surface area contributed by atoms with E-state index in [1.165, 1.54) is 6.26 Å². The van der Waals surface area contributed by atoms with Crippen LogP contribution in [0.3, 0.4) is 0 Å². The van der Waals surface area contributed by atoms with Crippen molar-refractivity contribution in [3.8, 4) is 0 Å². The van der Waals surface area contributed by atoms with E-state index in [2.05, 4.69) is 5.32 Å². The molecule has 0 radical (unpaired) electrons. The Bertz CT molecular complexity index is 590. The van der Waals surface area contributed by atoms with Crippen LogP contribution in [0.1, 0.15) is 48.2 Å². The third-order valence-electron chi connectivity index (χ3n) is 5.52. The second-order valence-corrected chi connectivity index (χ2v) is 7.00. The molecule has 2 amide bonds. The number of amides is 2. The average Bonchev–Trinajstić information content (AvgIpc) is 3.23. The number of nitrogens with two attached hydrogens (primary N) is 1. The monoisotopic (exact) mass is 333 g/mol. The van der Waals surface area contributed by atoms with Crippen molar-refractivity contribution >= 4 is 11.8 Å². The van der Waals surface area contributed by atoms with E-state index in [1.807, 2.05) is 4.90 Å². The number of piperidine rings is 1. The molecule has 2 atom stereocenters. The van der Waals surface area contributed by atoms with E-state index in [4.69, 9.17) is 10.2 Å². The first-order chi connectivity index (χ1) is 11.6. The van der Waals surface area contributed by atoms with Gasteiger partial charge in [0.05, 0.1) is 11.8 Å². The van der Waals surface area contributed by atoms with Crippen LogP contribution in [0.4, 0.5) is 0 Å². The smallest absolute Gasteiger partial charge is 0.255 e. The SMILES string of the molecule is Cc1occc1C(=O)NC1CCN(C(=O)[C@@H]2CCC[C@@H]2CN)CC1. The number of rotatable bonds is 4. The Labute approximate surface area is 142 Å². The van der Waals surface area contributed by atoms with Crippen LogP contribution >= 0.6 is 0 Å². The molecule has 2 aliphatic rings. The zero-order valence-electron chi connectivity index (χ0n) is 14.3. The number of hydrogen-bond acceptors (Lipinski definition) is 4. The van der Waals surface area contributed by atoms with Gasteiger partial charge >= 0.3 is 0 Å². The molecule has 2 fully saturated rings. The summed E-state index contributed by atoms with van der Waals surface area (Å²) in [5.41, 5.74) is 6.39. The van der Waals surface area contributed by atoms with E-state index >= 15 is 0 Å². The molecule has 3 N–H and O–H groups in total. The summed E-state index contributed by atoms with van der Waals surface area (Å²) in [5.74, 6) is 1.26. The number of likely N-dealkylation sites (tertiary alicyclic amines) is 1. The molecule has 1 aliphatic heterocycles. The quantitative estimate of drug-likeness (QED) is 0.877. The standard InChI is InChI=1S/C18H27N3O3/c1-12-15(7-10-24-12)17(22)20-14-5-8-21(9-6-14)18(23)16-4-2-3-13(16)11-19/h7,10,13-14,16H,2-6,8-9,11,19H2,1H3,(H,20,22)/t13-,16-/m1/s1. The second-order valence-electron chi connectivity index (χ2n) is 7.00. The fourth-order valence-corrected chi connectivity index (χ4v) is 4.01. The third-order valence-corrected chi connectivity index (χ3v) is 5.52. The summed E-state index contributed by atoms with van der Waals surface area (Å²) >= 11 is 0. The number of carbonyl (C=O) groups excluding carboxylic acids is 2. The van der Waals surface area contributed by atoms with Gasteiger partial charge in [-0.2, -0.15) is 0 Å². The van der Waals surface area contributed by atoms with Gasteiger partial charge in [-0.3, -0.25) is 9.59 Å². The van der Waals surface area contributed by atoms with Gasteiger partial charge in [0.15, 0.2) is 0 Å². The summed E-state index contributed by atoms with van der Waals surface area (Å²) in [4.78, 5) is 26.9. The van der Waals surface area contributed by atoms with Crippen LogP contribution in [0.2, 0.25) is 0 Å². The maximum absolute atomic E-state index is 12.7. The van der Waals surface area contributed by atoms with Crippen molar-refractivity contribution in [2.45, 2.75) is 45.1 Å². The molecule has 1 aromatic rings. The summed E-state index contributed by atoms with van der Waals surface area (Å²) in [7, 11) is 0. The zero-order chi connectivity index (χ0) is 17.1. The van der Waals surface area contributed by atoms with Gasteiger partial charge in [0.25, 0.3) is 5.91 Å². The lowest BCUT2D eigenvalue weighted by atomic mass is 9.93. The summed E-state index contributed by atoms with van der Waals surface area (Å²) in [6.07, 6.45) is 6.28. The molecule has 24 heavy (non-hydrogen) atoms. The molecule has 0 aromatic carbocycles. The highest BCUT2D eigenvalue weighted by molar-refractivity contribution is 5.95. The van der Waals surface area contributed by atoms with Crippen molar-refractivity contribution in [2.24, 2.45) is 17.6 Å². The lowest BCUT2D eigenvalue weighted by Crippen LogP contribution is -2.48. The molecular formula is C18H27N3O3. The maximum Gasteiger partial charge on any atom is 0.255 e. The van der Waals surface area contributed by atoms with Crippen LogP contribution in [-0.2, 0) is 4.79 Å². The van der Waals surface area contributed by atoms with E-state index in [0.717, 1.165) is 32.1 Å². The minimum Gasteiger partial charge on any atom is -0.469 e. The Hall–Kier alpha value is -1.82. The molecule has 6 nitrogen and oxygen atoms in total. The van der Waals surface area contributed by atoms with Crippen molar-refractivity contribution in [1.29, 1.82) is 0 Å². The minimum absolute atomic E-state index is 0.0926. The topological polar surface area (TPSA) is 88.6 Å². The Morgan fingerprint density at radius 1 is 1.29 bits per heavy atom. The van der Waals surface area contributed by atoms with Gasteiger partial charge in [-0.25, -0.2) is 0 Å². The molecule has 1 saturated carbocycles. The number of carbonyl (C=O) groups is 2. The van der Waals surface area contributed by atoms with Crippen LogP contribution in [0.25, 0.3) is 0 Å². The first kappa shape index (κ1) is 17.0. The van der Waals surface area contributed by atoms with E-state index in [0.29, 0.717) is 36.9 Å². The van der Waals surface area contributed by atoms with Gasteiger partial charge in [-0.05, 0) is 51.1 Å². The normalized spacial score (nSPS) is 25.0. The highest BCUT2D eigenvalue weighted by Crippen LogP contribution is 2.33. The fourth-order valence-electron chi connectivity index (χ4n) is 4.01. The van der Waals surface area contributed by atoms with Gasteiger partial charge in [-0.1, -0.05) is 6.42 Å². The number of nitrogens with zero attached hydrogens (tertiary/aromatic N) is 1. The largest absolute Gasteiger partial charge is 0.469 e. The van der Waals surface area contributed by atoms with Crippen molar-refractivity contribution in [1.82, 2.24) is 10.2 Å². The predicted molar refractivity (Wildman–Crippen MR) is 90.4 cm³/mol. The number of hydrogen-bond donors (Lipinski definition) is 2. The van der Waals surface area contributed by atoms with Crippen molar-refractivity contribution < 1.29 is 14.0 Å². The van der Waals surface area contributed by atoms with E-state index in [1.54, 1.807) is 13.0 Å². The summed E-state index contributed by atoms with van der Waals surface area (Å²) in [6.45, 7) is 3.81. The average molecular weight is 333 g/mol. The Balaban J connectivity index is 1.50. The highest BCUT2D eigenvalue weighted by Gasteiger charge is 2.36. The van der Waals surface area contributed by atoms with E-state index in [-0.39, 0.29) is 23.8 Å². The van der Waals surface area contributed by atoms with Gasteiger partial charge in [-0.15, -0.1) is 0 Å². The minimum atomic E-state index is -0.0926. The highest BCUT2D eigenvalue weighted by atomic mass is 16.3. The third kappa shape index (κ3) is 3.48. The molecule has 132 valence electrons. The molecule has 0 unspecified atom stereocenters. The molecule has 0 spiro atoms. The van der Waals surface area contributed by atoms with E-state index < -0.39 is 0 Å². The van der Waals surface area contributed by atoms with Gasteiger partial charge in [0, 0.05) is 25.0 Å². The summed E-state index contributed by atoms with van der Waals surface area (Å²) in [6, 6.07) is 1.81. The lowest BCUT2D eigenvalue weighted by molar-refractivity contribution is -0.137. The number of furan rings is 1. The molecule has 1 aliphatic carbocycles. The van der Waals surface area contributed by atoms with Gasteiger partial charge in [0.1, 0.15) is 5.76 Å². The fraction of sp³-hybridized carbons (Fsp3) is 0.667. The van der Waals surface area contributed by atoms with Gasteiger partial charge in [0.2, 0.25) is 5.91 Å². The van der Waals surface area contributed by atoms with Crippen LogP contribution in [0, 0.1) is 18.8 Å². The Kier molecular flexibility index (Phi) is 5.23. The summed E-state index contributed by atoms with van der Waals surface area (Å²) in [5, 5.41) is 3.05. The van der Waals surface area contributed by atoms with Crippen LogP contribution in [0.5, 0.6) is 0 Å². The molecule has 1 saturated heterocycles. The van der Waals surface area contributed by atoms with Crippen LogP contribution in [0.15, 0.2) is 16.7 Å². The first-order valence-corrected chi connectivity index (χ1v) is 8.94. The molecule has 2 heterocycles. The van der Waals surface area contributed by atoms with Crippen molar-refractivity contribution in [3.63, 3.8) is 0 Å².